The first-order valence-electron chi connectivity index (χ1n) is 7.96. The molecule has 0 aliphatic carbocycles. The van der Waals surface area contributed by atoms with E-state index in [1.165, 1.54) is 61.8 Å². The molecule has 0 radical (unpaired) electrons. The summed E-state index contributed by atoms with van der Waals surface area (Å²) in [6, 6.07) is 11.0. The van der Waals surface area contributed by atoms with Gasteiger partial charge in [0, 0.05) is 36.0 Å². The molecule has 0 atom stereocenters. The van der Waals surface area contributed by atoms with E-state index >= 15 is 0 Å². The van der Waals surface area contributed by atoms with Crippen molar-refractivity contribution in [1.29, 1.82) is 0 Å². The molecule has 9 heteroatoms. The summed E-state index contributed by atoms with van der Waals surface area (Å²) in [6.45, 7) is 1.22. The first-order chi connectivity index (χ1) is 13.2. The van der Waals surface area contributed by atoms with Crippen molar-refractivity contribution in [2.75, 3.05) is 4.72 Å². The van der Waals surface area contributed by atoms with Crippen LogP contribution >= 0.6 is 11.6 Å². The maximum atomic E-state index is 13.8. The van der Waals surface area contributed by atoms with E-state index in [9.17, 15) is 17.6 Å². The van der Waals surface area contributed by atoms with Crippen LogP contribution in [-0.2, 0) is 14.8 Å². The maximum Gasteiger partial charge on any atom is 0.308 e. The number of esters is 1. The molecular weight excluding hydrogens is 407 g/mol. The quantitative estimate of drug-likeness (QED) is 0.492. The molecule has 0 saturated carbocycles. The van der Waals surface area contributed by atoms with Crippen LogP contribution in [-0.4, -0.2) is 19.4 Å². The second-order valence-electron chi connectivity index (χ2n) is 5.75. The number of sulfonamides is 1. The fraction of sp³-hybridized carbons (Fsp3) is 0.0526. The summed E-state index contributed by atoms with van der Waals surface area (Å²) in [5.41, 5.74) is 0.789. The Morgan fingerprint density at radius 3 is 2.61 bits per heavy atom. The lowest BCUT2D eigenvalue weighted by atomic mass is 10.0. The molecule has 2 aromatic carbocycles. The smallest absolute Gasteiger partial charge is 0.308 e. The van der Waals surface area contributed by atoms with Crippen LogP contribution in [0.15, 0.2) is 65.8 Å². The lowest BCUT2D eigenvalue weighted by Gasteiger charge is -2.15. The van der Waals surface area contributed by atoms with Gasteiger partial charge >= 0.3 is 5.97 Å². The van der Waals surface area contributed by atoms with Gasteiger partial charge in [-0.2, -0.15) is 0 Å². The Balaban J connectivity index is 2.11. The normalized spacial score (nSPS) is 11.1. The first-order valence-corrected chi connectivity index (χ1v) is 9.82. The van der Waals surface area contributed by atoms with Gasteiger partial charge in [0.05, 0.1) is 5.69 Å². The molecule has 0 fully saturated rings. The van der Waals surface area contributed by atoms with Crippen LogP contribution in [0.25, 0.3) is 11.1 Å². The number of anilines is 1. The number of ether oxygens (including phenoxy) is 1. The van der Waals surface area contributed by atoms with E-state index < -0.39 is 21.8 Å². The highest BCUT2D eigenvalue weighted by atomic mass is 35.5. The number of nitrogens with zero attached hydrogens (tertiary/aromatic N) is 1. The Hall–Kier alpha value is -2.97. The minimum Gasteiger partial charge on any atom is -0.427 e. The molecule has 0 aliphatic heterocycles. The average Bonchev–Trinajstić information content (AvgIpc) is 2.61. The van der Waals surface area contributed by atoms with Gasteiger partial charge in [-0.1, -0.05) is 11.6 Å². The highest BCUT2D eigenvalue weighted by Crippen LogP contribution is 2.34. The molecule has 28 heavy (non-hydrogen) atoms. The van der Waals surface area contributed by atoms with Gasteiger partial charge in [-0.3, -0.25) is 14.5 Å². The van der Waals surface area contributed by atoms with Gasteiger partial charge in [0.15, 0.2) is 0 Å². The van der Waals surface area contributed by atoms with Crippen LogP contribution in [0.2, 0.25) is 5.02 Å². The van der Waals surface area contributed by atoms with Crippen LogP contribution in [0.1, 0.15) is 6.92 Å². The van der Waals surface area contributed by atoms with Crippen LogP contribution in [0.5, 0.6) is 5.75 Å². The zero-order chi connectivity index (χ0) is 20.3. The number of nitrogens with one attached hydrogen (secondary N) is 1. The van der Waals surface area contributed by atoms with Crippen molar-refractivity contribution in [1.82, 2.24) is 4.98 Å². The largest absolute Gasteiger partial charge is 0.427 e. The van der Waals surface area contributed by atoms with Crippen molar-refractivity contribution in [2.45, 2.75) is 11.8 Å². The molecule has 0 amide bonds. The first kappa shape index (κ1) is 19.8. The van der Waals surface area contributed by atoms with Crippen LogP contribution in [0, 0.1) is 5.82 Å². The molecule has 1 aromatic heterocycles. The van der Waals surface area contributed by atoms with Crippen molar-refractivity contribution in [3.63, 3.8) is 0 Å². The van der Waals surface area contributed by atoms with E-state index in [-0.39, 0.29) is 21.4 Å². The van der Waals surface area contributed by atoms with Gasteiger partial charge in [0.2, 0.25) is 0 Å². The van der Waals surface area contributed by atoms with E-state index in [0.29, 0.717) is 11.1 Å². The highest BCUT2D eigenvalue weighted by molar-refractivity contribution is 7.92. The van der Waals surface area contributed by atoms with Crippen molar-refractivity contribution in [3.8, 4) is 16.9 Å². The fourth-order valence-corrected chi connectivity index (χ4v) is 3.76. The summed E-state index contributed by atoms with van der Waals surface area (Å²) >= 11 is 5.93. The van der Waals surface area contributed by atoms with Gasteiger partial charge in [-0.15, -0.1) is 0 Å². The third-order valence-corrected chi connectivity index (χ3v) is 5.18. The molecule has 0 aliphatic rings. The number of benzene rings is 2. The molecule has 1 heterocycles. The maximum absolute atomic E-state index is 13.8. The predicted octanol–water partition coefficient (Wildman–Crippen LogP) is 4.27. The number of hydrogen-bond acceptors (Lipinski definition) is 5. The summed E-state index contributed by atoms with van der Waals surface area (Å²) in [5, 5.41) is 0.153. The van der Waals surface area contributed by atoms with E-state index in [1.807, 2.05) is 0 Å². The molecule has 6 nitrogen and oxygen atoms in total. The van der Waals surface area contributed by atoms with E-state index in [1.54, 1.807) is 0 Å². The number of pyridine rings is 1. The summed E-state index contributed by atoms with van der Waals surface area (Å²) in [4.78, 5) is 15.0. The molecule has 3 aromatic rings. The molecule has 1 N–H and O–H groups in total. The van der Waals surface area contributed by atoms with Crippen LogP contribution < -0.4 is 9.46 Å². The molecule has 0 unspecified atom stereocenters. The van der Waals surface area contributed by atoms with Gasteiger partial charge in [-0.25, -0.2) is 12.8 Å². The third kappa shape index (κ3) is 4.65. The number of aromatic nitrogens is 1. The number of carbonyl (C=O) groups is 1. The third-order valence-electron chi connectivity index (χ3n) is 3.62. The van der Waals surface area contributed by atoms with Crippen molar-refractivity contribution in [3.05, 3.63) is 71.8 Å². The number of carbonyl (C=O) groups excluding carboxylic acids is 1. The van der Waals surface area contributed by atoms with Gasteiger partial charge in [-0.05, 0) is 48.0 Å². The van der Waals surface area contributed by atoms with Crippen LogP contribution in [0.3, 0.4) is 0 Å². The molecule has 3 rings (SSSR count). The zero-order valence-electron chi connectivity index (χ0n) is 14.5. The Labute approximate surface area is 166 Å². The number of halogens is 2. The molecule has 0 saturated heterocycles. The second-order valence-corrected chi connectivity index (χ2v) is 7.87. The highest BCUT2D eigenvalue weighted by Gasteiger charge is 2.18. The van der Waals surface area contributed by atoms with E-state index in [4.69, 9.17) is 16.3 Å². The Morgan fingerprint density at radius 2 is 1.96 bits per heavy atom. The summed E-state index contributed by atoms with van der Waals surface area (Å²) < 4.78 is 46.6. The summed E-state index contributed by atoms with van der Waals surface area (Å²) in [5.74, 6) is -1.02. The average molecular weight is 421 g/mol. The monoisotopic (exact) mass is 420 g/mol. The minimum atomic E-state index is -3.99. The Kier molecular flexibility index (Phi) is 5.62. The van der Waals surface area contributed by atoms with Crippen molar-refractivity contribution in [2.24, 2.45) is 0 Å². The minimum absolute atomic E-state index is 0.0592. The number of hydrogen-bond donors (Lipinski definition) is 1. The molecular formula is C19H14ClFN2O4S. The fourth-order valence-electron chi connectivity index (χ4n) is 2.51. The molecule has 0 spiro atoms. The zero-order valence-corrected chi connectivity index (χ0v) is 16.1. The van der Waals surface area contributed by atoms with Gasteiger partial charge < -0.3 is 4.74 Å². The van der Waals surface area contributed by atoms with Crippen molar-refractivity contribution < 1.29 is 22.3 Å². The Morgan fingerprint density at radius 1 is 1.18 bits per heavy atom. The summed E-state index contributed by atoms with van der Waals surface area (Å²) in [6.07, 6.45) is 2.64. The standard InChI is InChI=1S/C19H14ClFN2O4S/c1-12(24)27-16-4-5-18(13-7-14(20)9-15(21)8-13)19(10-16)23-28(25,26)17-3-2-6-22-11-17/h2-11,23H,1H3. The lowest BCUT2D eigenvalue weighted by molar-refractivity contribution is -0.131. The molecule has 0 bridgehead atoms. The summed E-state index contributed by atoms with van der Waals surface area (Å²) in [7, 11) is -3.99. The van der Waals surface area contributed by atoms with E-state index in [2.05, 4.69) is 9.71 Å². The lowest BCUT2D eigenvalue weighted by Crippen LogP contribution is -2.14. The SMILES string of the molecule is CC(=O)Oc1ccc(-c2cc(F)cc(Cl)c2)c(NS(=O)(=O)c2cccnc2)c1. The van der Waals surface area contributed by atoms with Crippen LogP contribution in [0.4, 0.5) is 10.1 Å². The predicted molar refractivity (Wildman–Crippen MR) is 103 cm³/mol. The Bertz CT molecular complexity index is 1120. The number of rotatable bonds is 5. The van der Waals surface area contributed by atoms with E-state index in [0.717, 1.165) is 6.07 Å². The topological polar surface area (TPSA) is 85.4 Å². The van der Waals surface area contributed by atoms with Crippen molar-refractivity contribution >= 4 is 33.3 Å². The van der Waals surface area contributed by atoms with Gasteiger partial charge in [0.1, 0.15) is 16.5 Å². The molecule has 144 valence electrons. The second kappa shape index (κ2) is 7.95. The van der Waals surface area contributed by atoms with Gasteiger partial charge in [0.25, 0.3) is 10.0 Å².